The summed E-state index contributed by atoms with van der Waals surface area (Å²) in [6.07, 6.45) is 3.11. The average molecular weight is 616 g/mol. The number of rotatable bonds is 6. The number of hydrogen-bond acceptors (Lipinski definition) is 6. The van der Waals surface area contributed by atoms with Gasteiger partial charge in [-0.25, -0.2) is 17.8 Å². The third-order valence-corrected chi connectivity index (χ3v) is 9.79. The molecule has 1 amide bonds. The van der Waals surface area contributed by atoms with Gasteiger partial charge in [-0.15, -0.1) is 0 Å². The minimum absolute atomic E-state index is 0.148. The molecule has 0 bridgehead atoms. The molecular weight excluding hydrogens is 591 g/mol. The van der Waals surface area contributed by atoms with E-state index < -0.39 is 15.9 Å². The van der Waals surface area contributed by atoms with Gasteiger partial charge in [0.25, 0.3) is 5.91 Å². The topological polar surface area (TPSA) is 82.9 Å². The maximum Gasteiger partial charge on any atom is 0.280 e. The number of halogens is 2. The number of aromatic nitrogens is 1. The molecule has 1 saturated heterocycles. The zero-order valence-electron chi connectivity index (χ0n) is 20.4. The van der Waals surface area contributed by atoms with Crippen molar-refractivity contribution in [2.75, 3.05) is 18.1 Å². The summed E-state index contributed by atoms with van der Waals surface area (Å²) >= 11 is 4.75. The van der Waals surface area contributed by atoms with Crippen molar-refractivity contribution in [3.05, 3.63) is 88.1 Å². The van der Waals surface area contributed by atoms with Crippen LogP contribution >= 0.6 is 27.3 Å². The van der Waals surface area contributed by atoms with Gasteiger partial charge >= 0.3 is 0 Å². The molecule has 1 aromatic heterocycles. The predicted molar refractivity (Wildman–Crippen MR) is 152 cm³/mol. The van der Waals surface area contributed by atoms with Gasteiger partial charge in [-0.2, -0.15) is 14.4 Å². The number of carbonyl (C=O) groups excluding carboxylic acids is 1. The summed E-state index contributed by atoms with van der Waals surface area (Å²) in [6.45, 7) is 3.10. The molecule has 11 heteroatoms. The number of sulfonamides is 1. The minimum atomic E-state index is -3.64. The summed E-state index contributed by atoms with van der Waals surface area (Å²) in [6, 6.07) is 17.2. The van der Waals surface area contributed by atoms with Crippen LogP contribution in [-0.4, -0.2) is 42.9 Å². The van der Waals surface area contributed by atoms with Crippen molar-refractivity contribution in [2.45, 2.75) is 24.7 Å². The van der Waals surface area contributed by atoms with Crippen LogP contribution in [0.25, 0.3) is 10.2 Å². The lowest BCUT2D eigenvalue weighted by Crippen LogP contribution is -2.37. The Balaban J connectivity index is 1.46. The van der Waals surface area contributed by atoms with Crippen LogP contribution in [0.4, 0.5) is 9.52 Å². The van der Waals surface area contributed by atoms with Crippen molar-refractivity contribution in [3.63, 3.8) is 0 Å². The quantitative estimate of drug-likeness (QED) is 0.188. The van der Waals surface area contributed by atoms with E-state index in [0.717, 1.165) is 22.0 Å². The van der Waals surface area contributed by atoms with Gasteiger partial charge in [0.05, 0.1) is 21.3 Å². The Bertz CT molecular complexity index is 1600. The third-order valence-electron chi connectivity index (χ3n) is 6.39. The number of nitrogens with zero attached hydrogens (tertiary/aromatic N) is 4. The molecule has 196 valence electrons. The molecule has 1 aliphatic heterocycles. The molecule has 5 rings (SSSR count). The zero-order valence-corrected chi connectivity index (χ0v) is 23.6. The van der Waals surface area contributed by atoms with Crippen molar-refractivity contribution < 1.29 is 17.6 Å². The molecule has 38 heavy (non-hydrogen) atoms. The van der Waals surface area contributed by atoms with E-state index in [0.29, 0.717) is 35.2 Å². The number of amides is 1. The lowest BCUT2D eigenvalue weighted by Gasteiger charge is -2.29. The fourth-order valence-corrected chi connectivity index (χ4v) is 7.05. The first-order valence-electron chi connectivity index (χ1n) is 12.0. The van der Waals surface area contributed by atoms with Gasteiger partial charge in [-0.05, 0) is 78.9 Å². The third kappa shape index (κ3) is 5.70. The number of benzene rings is 3. The highest BCUT2D eigenvalue weighted by Gasteiger charge is 2.29. The maximum atomic E-state index is 13.6. The Morgan fingerprint density at radius 1 is 1.11 bits per heavy atom. The Kier molecular flexibility index (Phi) is 7.71. The van der Waals surface area contributed by atoms with Gasteiger partial charge in [0.2, 0.25) is 15.2 Å². The standard InChI is InChI=1S/C27H24BrFN4O3S2/c1-18-12-14-32(15-13-18)38(35,36)23-9-4-20(5-10-23)26(34)33(30-17-19-2-7-22(29)8-3-19)27-31-24-11-6-21(28)16-25(24)37-27/h2-11,16-18H,12-15H2,1H3/b30-17+. The fourth-order valence-electron chi connectivity index (χ4n) is 4.10. The molecule has 0 radical (unpaired) electrons. The number of thiazole rings is 1. The van der Waals surface area contributed by atoms with E-state index in [1.165, 1.54) is 63.3 Å². The Hall–Kier alpha value is -2.99. The largest absolute Gasteiger partial charge is 0.280 e. The fraction of sp³-hybridized carbons (Fsp3) is 0.222. The second-order valence-electron chi connectivity index (χ2n) is 9.13. The van der Waals surface area contributed by atoms with E-state index >= 15 is 0 Å². The SMILES string of the molecule is CC1CCN(S(=O)(=O)c2ccc(C(=O)N(/N=C/c3ccc(F)cc3)c3nc4ccc(Br)cc4s3)cc2)CC1. The number of fused-ring (bicyclic) bond motifs is 1. The summed E-state index contributed by atoms with van der Waals surface area (Å²) in [4.78, 5) is 18.3. The lowest BCUT2D eigenvalue weighted by atomic mass is 10.0. The molecule has 0 atom stereocenters. The number of carbonyl (C=O) groups is 1. The normalized spacial score (nSPS) is 15.3. The Morgan fingerprint density at radius 3 is 2.47 bits per heavy atom. The molecule has 1 aliphatic rings. The summed E-state index contributed by atoms with van der Waals surface area (Å²) < 4.78 is 42.8. The molecule has 7 nitrogen and oxygen atoms in total. The van der Waals surface area contributed by atoms with Crippen molar-refractivity contribution in [1.29, 1.82) is 0 Å². The van der Waals surface area contributed by atoms with Crippen LogP contribution in [-0.2, 0) is 10.0 Å². The molecule has 2 heterocycles. The highest BCUT2D eigenvalue weighted by molar-refractivity contribution is 9.10. The molecule has 0 unspecified atom stereocenters. The molecular formula is C27H24BrFN4O3S2. The van der Waals surface area contributed by atoms with Gasteiger partial charge < -0.3 is 0 Å². The molecule has 0 N–H and O–H groups in total. The number of anilines is 1. The monoisotopic (exact) mass is 614 g/mol. The molecule has 0 aliphatic carbocycles. The lowest BCUT2D eigenvalue weighted by molar-refractivity contribution is 0.0987. The first-order chi connectivity index (χ1) is 18.2. The maximum absolute atomic E-state index is 13.6. The first kappa shape index (κ1) is 26.6. The van der Waals surface area contributed by atoms with Crippen LogP contribution in [0.15, 0.2) is 81.2 Å². The van der Waals surface area contributed by atoms with Gasteiger partial charge in [-0.3, -0.25) is 4.79 Å². The van der Waals surface area contributed by atoms with Gasteiger partial charge in [-0.1, -0.05) is 46.3 Å². The molecule has 1 fully saturated rings. The van der Waals surface area contributed by atoms with E-state index in [1.54, 1.807) is 12.1 Å². The smallest absolute Gasteiger partial charge is 0.267 e. The second kappa shape index (κ2) is 11.0. The van der Waals surface area contributed by atoms with E-state index in [4.69, 9.17) is 0 Å². The number of hydrogen-bond donors (Lipinski definition) is 0. The molecule has 0 saturated carbocycles. The van der Waals surface area contributed by atoms with E-state index in [9.17, 15) is 17.6 Å². The van der Waals surface area contributed by atoms with Crippen LogP contribution in [0.1, 0.15) is 35.7 Å². The Morgan fingerprint density at radius 2 is 1.79 bits per heavy atom. The van der Waals surface area contributed by atoms with E-state index in [1.807, 2.05) is 18.2 Å². The van der Waals surface area contributed by atoms with Crippen LogP contribution in [0.3, 0.4) is 0 Å². The summed E-state index contributed by atoms with van der Waals surface area (Å²) in [5.74, 6) is -0.343. The first-order valence-corrected chi connectivity index (χ1v) is 15.1. The average Bonchev–Trinajstić information content (AvgIpc) is 3.33. The predicted octanol–water partition coefficient (Wildman–Crippen LogP) is 6.30. The highest BCUT2D eigenvalue weighted by Crippen LogP contribution is 2.32. The number of piperidine rings is 1. The Labute approximate surface area is 232 Å². The van der Waals surface area contributed by atoms with Crippen LogP contribution in [0.2, 0.25) is 0 Å². The minimum Gasteiger partial charge on any atom is -0.267 e. The molecule has 4 aromatic rings. The van der Waals surface area contributed by atoms with Gasteiger partial charge in [0, 0.05) is 23.1 Å². The second-order valence-corrected chi connectivity index (χ2v) is 13.0. The highest BCUT2D eigenvalue weighted by atomic mass is 79.9. The van der Waals surface area contributed by atoms with Crippen LogP contribution in [0.5, 0.6) is 0 Å². The van der Waals surface area contributed by atoms with Crippen molar-refractivity contribution in [2.24, 2.45) is 11.0 Å². The molecule has 0 spiro atoms. The van der Waals surface area contributed by atoms with Gasteiger partial charge in [0.1, 0.15) is 5.82 Å². The summed E-state index contributed by atoms with van der Waals surface area (Å²) in [7, 11) is -3.64. The van der Waals surface area contributed by atoms with E-state index in [-0.39, 0.29) is 16.3 Å². The van der Waals surface area contributed by atoms with Crippen LogP contribution in [0, 0.1) is 11.7 Å². The summed E-state index contributed by atoms with van der Waals surface area (Å²) in [5.41, 5.74) is 1.57. The van der Waals surface area contributed by atoms with Crippen molar-refractivity contribution >= 4 is 64.8 Å². The zero-order chi connectivity index (χ0) is 26.9. The summed E-state index contributed by atoms with van der Waals surface area (Å²) in [5, 5.41) is 5.91. The van der Waals surface area contributed by atoms with Gasteiger partial charge in [0.15, 0.2) is 0 Å². The number of hydrazone groups is 1. The van der Waals surface area contributed by atoms with Crippen molar-refractivity contribution in [3.8, 4) is 0 Å². The van der Waals surface area contributed by atoms with Crippen LogP contribution < -0.4 is 5.01 Å². The van der Waals surface area contributed by atoms with E-state index in [2.05, 4.69) is 32.9 Å². The van der Waals surface area contributed by atoms with Crippen molar-refractivity contribution in [1.82, 2.24) is 9.29 Å². The molecule has 3 aromatic carbocycles.